The second-order valence-corrected chi connectivity index (χ2v) is 8.92. The molecular formula is C21H24FNO3S. The molecule has 1 fully saturated rings. The minimum atomic E-state index is -3.73. The number of hydrogen-bond acceptors (Lipinski definition) is 3. The fraction of sp³-hybridized carbons (Fsp3) is 0.381. The number of halogens is 1. The van der Waals surface area contributed by atoms with Crippen molar-refractivity contribution in [2.75, 3.05) is 0 Å². The van der Waals surface area contributed by atoms with Gasteiger partial charge in [0, 0.05) is 30.5 Å². The number of nitrogens with zero attached hydrogens (tertiary/aromatic N) is 1. The highest BCUT2D eigenvalue weighted by molar-refractivity contribution is 7.89. The molecule has 0 aliphatic carbocycles. The van der Waals surface area contributed by atoms with Crippen molar-refractivity contribution in [1.29, 1.82) is 0 Å². The van der Waals surface area contributed by atoms with Gasteiger partial charge in [0.05, 0.1) is 4.90 Å². The first-order valence-corrected chi connectivity index (χ1v) is 10.7. The van der Waals surface area contributed by atoms with Crippen LogP contribution < -0.4 is 0 Å². The van der Waals surface area contributed by atoms with Gasteiger partial charge in [-0.15, -0.1) is 0 Å². The van der Waals surface area contributed by atoms with Crippen molar-refractivity contribution in [2.45, 2.75) is 56.5 Å². The molecule has 0 bridgehead atoms. The second kappa shape index (κ2) is 7.90. The van der Waals surface area contributed by atoms with Crippen molar-refractivity contribution in [1.82, 2.24) is 4.31 Å². The average molecular weight is 389 g/mol. The number of carbonyl (C=O) groups is 1. The third-order valence-corrected chi connectivity index (χ3v) is 7.10. The van der Waals surface area contributed by atoms with E-state index in [0.717, 1.165) is 6.42 Å². The fourth-order valence-electron chi connectivity index (χ4n) is 3.83. The van der Waals surface area contributed by atoms with Gasteiger partial charge in [0.15, 0.2) is 0 Å². The Morgan fingerprint density at radius 1 is 1.07 bits per heavy atom. The highest BCUT2D eigenvalue weighted by Gasteiger charge is 2.40. The maximum atomic E-state index is 14.0. The van der Waals surface area contributed by atoms with Gasteiger partial charge in [-0.25, -0.2) is 12.8 Å². The molecule has 2 aromatic rings. The number of ketones is 1. The Hall–Kier alpha value is -2.05. The summed E-state index contributed by atoms with van der Waals surface area (Å²) < 4.78 is 42.0. The first kappa shape index (κ1) is 19.7. The fourth-order valence-corrected chi connectivity index (χ4v) is 5.68. The van der Waals surface area contributed by atoms with E-state index in [9.17, 15) is 17.6 Å². The van der Waals surface area contributed by atoms with Crippen molar-refractivity contribution in [3.05, 3.63) is 54.3 Å². The highest BCUT2D eigenvalue weighted by atomic mass is 32.2. The molecule has 27 heavy (non-hydrogen) atoms. The molecule has 1 aliphatic heterocycles. The molecule has 6 heteroatoms. The normalized spacial score (nSPS) is 21.4. The van der Waals surface area contributed by atoms with E-state index >= 15 is 0 Å². The van der Waals surface area contributed by atoms with E-state index in [1.54, 1.807) is 37.3 Å². The molecule has 1 heterocycles. The SMILES string of the molecule is CCCC1CC(=O)CC(C)N1S(=O)(=O)c1ccc(-c2ccccc2F)cc1. The van der Waals surface area contributed by atoms with E-state index in [1.807, 2.05) is 6.92 Å². The zero-order valence-electron chi connectivity index (χ0n) is 15.6. The quantitative estimate of drug-likeness (QED) is 0.761. The first-order chi connectivity index (χ1) is 12.8. The zero-order valence-corrected chi connectivity index (χ0v) is 16.4. The maximum absolute atomic E-state index is 14.0. The summed E-state index contributed by atoms with van der Waals surface area (Å²) in [5.41, 5.74) is 1.06. The van der Waals surface area contributed by atoms with Crippen molar-refractivity contribution >= 4 is 15.8 Å². The van der Waals surface area contributed by atoms with Crippen LogP contribution in [0.5, 0.6) is 0 Å². The summed E-state index contributed by atoms with van der Waals surface area (Å²) in [6.07, 6.45) is 1.98. The van der Waals surface area contributed by atoms with E-state index < -0.39 is 10.0 Å². The highest BCUT2D eigenvalue weighted by Crippen LogP contribution is 2.31. The summed E-state index contributed by atoms with van der Waals surface area (Å²) in [7, 11) is -3.73. The third-order valence-electron chi connectivity index (χ3n) is 5.02. The summed E-state index contributed by atoms with van der Waals surface area (Å²) >= 11 is 0. The predicted molar refractivity (Wildman–Crippen MR) is 103 cm³/mol. The Balaban J connectivity index is 1.94. The van der Waals surface area contributed by atoms with Crippen LogP contribution in [-0.4, -0.2) is 30.6 Å². The van der Waals surface area contributed by atoms with Crippen molar-refractivity contribution < 1.29 is 17.6 Å². The molecule has 144 valence electrons. The lowest BCUT2D eigenvalue weighted by atomic mass is 9.95. The Kier molecular flexibility index (Phi) is 5.77. The van der Waals surface area contributed by atoms with E-state index in [2.05, 4.69) is 0 Å². The lowest BCUT2D eigenvalue weighted by Crippen LogP contribution is -2.51. The van der Waals surface area contributed by atoms with Gasteiger partial charge in [-0.1, -0.05) is 43.7 Å². The molecule has 4 nitrogen and oxygen atoms in total. The van der Waals surface area contributed by atoms with Crippen LogP contribution in [0.1, 0.15) is 39.5 Å². The van der Waals surface area contributed by atoms with Crippen LogP contribution in [0, 0.1) is 5.82 Å². The molecule has 2 aromatic carbocycles. The van der Waals surface area contributed by atoms with Crippen LogP contribution in [0.3, 0.4) is 0 Å². The molecule has 3 rings (SSSR count). The average Bonchev–Trinajstić information content (AvgIpc) is 2.62. The molecule has 2 unspecified atom stereocenters. The molecule has 0 radical (unpaired) electrons. The number of benzene rings is 2. The van der Waals surface area contributed by atoms with Crippen LogP contribution in [0.25, 0.3) is 11.1 Å². The predicted octanol–water partition coefficient (Wildman–Crippen LogP) is 4.40. The molecule has 0 amide bonds. The standard InChI is InChI=1S/C21H24FNO3S/c1-3-6-17-14-18(24)13-15(2)23(17)27(25,26)19-11-9-16(10-12-19)20-7-4-5-8-21(20)22/h4-5,7-12,15,17H,3,6,13-14H2,1-2H3. The number of piperidine rings is 1. The number of carbonyl (C=O) groups excluding carboxylic acids is 1. The van der Waals surface area contributed by atoms with Crippen LogP contribution >= 0.6 is 0 Å². The van der Waals surface area contributed by atoms with Crippen molar-refractivity contribution in [3.63, 3.8) is 0 Å². The topological polar surface area (TPSA) is 54.5 Å². The summed E-state index contributed by atoms with van der Waals surface area (Å²) in [4.78, 5) is 12.1. The largest absolute Gasteiger partial charge is 0.300 e. The first-order valence-electron chi connectivity index (χ1n) is 9.24. The van der Waals surface area contributed by atoms with Gasteiger partial charge in [-0.2, -0.15) is 4.31 Å². The van der Waals surface area contributed by atoms with E-state index in [1.165, 1.54) is 22.5 Å². The number of rotatable bonds is 5. The zero-order chi connectivity index (χ0) is 19.6. The van der Waals surface area contributed by atoms with Crippen LogP contribution in [-0.2, 0) is 14.8 Å². The minimum absolute atomic E-state index is 0.113. The second-order valence-electron chi connectivity index (χ2n) is 7.08. The van der Waals surface area contributed by atoms with E-state index in [-0.39, 0.29) is 41.4 Å². The van der Waals surface area contributed by atoms with Gasteiger partial charge in [-0.05, 0) is 37.1 Å². The Labute approximate surface area is 160 Å². The summed E-state index contributed by atoms with van der Waals surface area (Å²) in [6.45, 7) is 3.77. The molecule has 2 atom stereocenters. The maximum Gasteiger partial charge on any atom is 0.243 e. The van der Waals surface area contributed by atoms with Gasteiger partial charge in [0.1, 0.15) is 11.6 Å². The number of hydrogen-bond donors (Lipinski definition) is 0. The van der Waals surface area contributed by atoms with Crippen LogP contribution in [0.4, 0.5) is 4.39 Å². The lowest BCUT2D eigenvalue weighted by Gasteiger charge is -2.38. The number of Topliss-reactive ketones (excluding diaryl/α,β-unsaturated/α-hetero) is 1. The Morgan fingerprint density at radius 2 is 1.74 bits per heavy atom. The monoisotopic (exact) mass is 389 g/mol. The van der Waals surface area contributed by atoms with Gasteiger partial charge in [0.25, 0.3) is 0 Å². The molecule has 0 aromatic heterocycles. The van der Waals surface area contributed by atoms with Gasteiger partial charge in [-0.3, -0.25) is 4.79 Å². The summed E-state index contributed by atoms with van der Waals surface area (Å²) in [5, 5.41) is 0. The van der Waals surface area contributed by atoms with Gasteiger partial charge < -0.3 is 0 Å². The summed E-state index contributed by atoms with van der Waals surface area (Å²) in [6, 6.07) is 12.0. The van der Waals surface area contributed by atoms with Gasteiger partial charge >= 0.3 is 0 Å². The van der Waals surface area contributed by atoms with E-state index in [0.29, 0.717) is 17.5 Å². The third kappa shape index (κ3) is 3.96. The minimum Gasteiger partial charge on any atom is -0.300 e. The molecule has 1 saturated heterocycles. The van der Waals surface area contributed by atoms with Crippen molar-refractivity contribution in [2.24, 2.45) is 0 Å². The van der Waals surface area contributed by atoms with Crippen LogP contribution in [0.15, 0.2) is 53.4 Å². The Morgan fingerprint density at radius 3 is 2.37 bits per heavy atom. The van der Waals surface area contributed by atoms with E-state index in [4.69, 9.17) is 0 Å². The number of sulfonamides is 1. The Bertz CT molecular complexity index is 925. The van der Waals surface area contributed by atoms with Crippen molar-refractivity contribution in [3.8, 4) is 11.1 Å². The molecule has 1 aliphatic rings. The molecular weight excluding hydrogens is 365 g/mol. The van der Waals surface area contributed by atoms with Gasteiger partial charge in [0.2, 0.25) is 10.0 Å². The lowest BCUT2D eigenvalue weighted by molar-refractivity contribution is -0.123. The molecule has 0 spiro atoms. The molecule has 0 N–H and O–H groups in total. The smallest absolute Gasteiger partial charge is 0.243 e. The summed E-state index contributed by atoms with van der Waals surface area (Å²) in [5.74, 6) is -0.235. The van der Waals surface area contributed by atoms with Crippen LogP contribution in [0.2, 0.25) is 0 Å². The molecule has 0 saturated carbocycles.